The summed E-state index contributed by atoms with van der Waals surface area (Å²) in [5, 5.41) is 3.95. The summed E-state index contributed by atoms with van der Waals surface area (Å²) in [6.45, 7) is 7.31. The van der Waals surface area contributed by atoms with E-state index in [1.54, 1.807) is 0 Å². The zero-order chi connectivity index (χ0) is 13.5. The second-order valence-electron chi connectivity index (χ2n) is 8.45. The van der Waals surface area contributed by atoms with E-state index in [2.05, 4.69) is 26.1 Å². The van der Waals surface area contributed by atoms with Gasteiger partial charge in [0.2, 0.25) is 0 Å². The van der Waals surface area contributed by atoms with E-state index in [0.717, 1.165) is 29.7 Å². The minimum absolute atomic E-state index is 0.373. The van der Waals surface area contributed by atoms with Crippen LogP contribution in [-0.4, -0.2) is 11.6 Å². The molecule has 4 atom stereocenters. The average Bonchev–Trinajstić information content (AvgIpc) is 2.38. The highest BCUT2D eigenvalue weighted by molar-refractivity contribution is 4.99. The molecule has 0 radical (unpaired) electrons. The van der Waals surface area contributed by atoms with E-state index in [9.17, 15) is 0 Å². The number of nitrogens with one attached hydrogen (secondary N) is 1. The third-order valence-electron chi connectivity index (χ3n) is 6.40. The van der Waals surface area contributed by atoms with Crippen molar-refractivity contribution in [2.24, 2.45) is 23.7 Å². The molecule has 1 aliphatic heterocycles. The highest BCUT2D eigenvalue weighted by Crippen LogP contribution is 2.46. The summed E-state index contributed by atoms with van der Waals surface area (Å²) in [6.07, 6.45) is 13.4. The van der Waals surface area contributed by atoms with E-state index in [4.69, 9.17) is 0 Å². The lowest BCUT2D eigenvalue weighted by atomic mass is 9.62. The highest BCUT2D eigenvalue weighted by Gasteiger charge is 2.43. The van der Waals surface area contributed by atoms with Crippen molar-refractivity contribution >= 4 is 0 Å². The lowest BCUT2D eigenvalue weighted by Gasteiger charge is -2.51. The first-order valence-electron chi connectivity index (χ1n) is 8.83. The van der Waals surface area contributed by atoms with Gasteiger partial charge in [-0.3, -0.25) is 0 Å². The minimum atomic E-state index is 0.373. The normalized spacial score (nSPS) is 43.7. The summed E-state index contributed by atoms with van der Waals surface area (Å²) >= 11 is 0. The van der Waals surface area contributed by atoms with E-state index in [-0.39, 0.29) is 0 Å². The van der Waals surface area contributed by atoms with E-state index >= 15 is 0 Å². The predicted molar refractivity (Wildman–Crippen MR) is 82.2 cm³/mol. The van der Waals surface area contributed by atoms with E-state index < -0.39 is 0 Å². The van der Waals surface area contributed by atoms with Crippen molar-refractivity contribution in [2.45, 2.75) is 90.1 Å². The Kier molecular flexibility index (Phi) is 3.95. The van der Waals surface area contributed by atoms with Crippen LogP contribution in [0.1, 0.15) is 78.6 Å². The van der Waals surface area contributed by atoms with E-state index in [0.29, 0.717) is 5.54 Å². The van der Waals surface area contributed by atoms with Crippen LogP contribution in [0.15, 0.2) is 0 Å². The quantitative estimate of drug-likeness (QED) is 0.719. The molecular weight excluding hydrogens is 230 g/mol. The first-order chi connectivity index (χ1) is 9.05. The van der Waals surface area contributed by atoms with Crippen molar-refractivity contribution in [2.75, 3.05) is 0 Å². The standard InChI is InChI=1S/C18H33N/c1-13-12-18(2,3)19-17-10-9-15(11-16(13)17)14-7-5-4-6-8-14/h13-17,19H,4-12H2,1-3H3. The molecule has 1 nitrogen and oxygen atoms in total. The molecule has 2 aliphatic carbocycles. The van der Waals surface area contributed by atoms with Crippen molar-refractivity contribution in [1.82, 2.24) is 5.32 Å². The van der Waals surface area contributed by atoms with Gasteiger partial charge in [0.1, 0.15) is 0 Å². The fourth-order valence-electron chi connectivity index (χ4n) is 5.60. The first kappa shape index (κ1) is 13.9. The molecule has 0 aromatic rings. The highest BCUT2D eigenvalue weighted by atomic mass is 15.0. The maximum absolute atomic E-state index is 3.95. The Morgan fingerprint density at radius 2 is 1.63 bits per heavy atom. The van der Waals surface area contributed by atoms with Crippen LogP contribution in [0.25, 0.3) is 0 Å². The Balaban J connectivity index is 1.63. The third kappa shape index (κ3) is 3.01. The van der Waals surface area contributed by atoms with E-state index in [1.165, 1.54) is 57.8 Å². The number of piperidine rings is 1. The summed E-state index contributed by atoms with van der Waals surface area (Å²) in [7, 11) is 0. The Labute approximate surface area is 119 Å². The molecule has 1 saturated heterocycles. The summed E-state index contributed by atoms with van der Waals surface area (Å²) in [4.78, 5) is 0. The van der Waals surface area contributed by atoms with Crippen LogP contribution in [0.2, 0.25) is 0 Å². The topological polar surface area (TPSA) is 12.0 Å². The Morgan fingerprint density at radius 1 is 0.895 bits per heavy atom. The van der Waals surface area contributed by atoms with Crippen LogP contribution in [0.3, 0.4) is 0 Å². The van der Waals surface area contributed by atoms with Crippen molar-refractivity contribution < 1.29 is 0 Å². The molecule has 0 spiro atoms. The molecule has 2 saturated carbocycles. The van der Waals surface area contributed by atoms with Gasteiger partial charge in [-0.25, -0.2) is 0 Å². The monoisotopic (exact) mass is 263 g/mol. The van der Waals surface area contributed by atoms with Gasteiger partial charge in [-0.05, 0) is 63.2 Å². The Morgan fingerprint density at radius 3 is 2.37 bits per heavy atom. The summed E-state index contributed by atoms with van der Waals surface area (Å²) in [6, 6.07) is 0.818. The molecule has 4 unspecified atom stereocenters. The molecule has 3 fully saturated rings. The maximum atomic E-state index is 3.95. The molecule has 0 bridgehead atoms. The smallest absolute Gasteiger partial charge is 0.0130 e. The fourth-order valence-corrected chi connectivity index (χ4v) is 5.60. The Hall–Kier alpha value is -0.0400. The predicted octanol–water partition coefficient (Wildman–Crippen LogP) is 4.76. The zero-order valence-corrected chi connectivity index (χ0v) is 13.3. The minimum Gasteiger partial charge on any atom is -0.309 e. The van der Waals surface area contributed by atoms with Crippen LogP contribution < -0.4 is 5.32 Å². The van der Waals surface area contributed by atoms with Crippen LogP contribution in [0.4, 0.5) is 0 Å². The molecule has 1 N–H and O–H groups in total. The van der Waals surface area contributed by atoms with Crippen molar-refractivity contribution in [3.63, 3.8) is 0 Å². The molecule has 0 aromatic heterocycles. The summed E-state index contributed by atoms with van der Waals surface area (Å²) in [5.41, 5.74) is 0.373. The second kappa shape index (κ2) is 5.39. The van der Waals surface area contributed by atoms with E-state index in [1.807, 2.05) is 0 Å². The van der Waals surface area contributed by atoms with Gasteiger partial charge in [0, 0.05) is 11.6 Å². The average molecular weight is 263 g/mol. The van der Waals surface area contributed by atoms with Gasteiger partial charge in [-0.2, -0.15) is 0 Å². The first-order valence-corrected chi connectivity index (χ1v) is 8.83. The lowest BCUT2D eigenvalue weighted by Crippen LogP contribution is -2.58. The van der Waals surface area contributed by atoms with Gasteiger partial charge in [-0.1, -0.05) is 39.0 Å². The van der Waals surface area contributed by atoms with Crippen LogP contribution in [-0.2, 0) is 0 Å². The second-order valence-corrected chi connectivity index (χ2v) is 8.45. The molecule has 1 heterocycles. The van der Waals surface area contributed by atoms with Crippen LogP contribution in [0.5, 0.6) is 0 Å². The molecule has 0 aromatic carbocycles. The van der Waals surface area contributed by atoms with Gasteiger partial charge < -0.3 is 5.32 Å². The van der Waals surface area contributed by atoms with Crippen molar-refractivity contribution in [1.29, 1.82) is 0 Å². The molecule has 0 amide bonds. The Bertz CT molecular complexity index is 303. The molecule has 19 heavy (non-hydrogen) atoms. The van der Waals surface area contributed by atoms with Gasteiger partial charge in [0.25, 0.3) is 0 Å². The van der Waals surface area contributed by atoms with Gasteiger partial charge in [0.15, 0.2) is 0 Å². The van der Waals surface area contributed by atoms with Gasteiger partial charge in [0.05, 0.1) is 0 Å². The number of hydrogen-bond donors (Lipinski definition) is 1. The summed E-state index contributed by atoms with van der Waals surface area (Å²) < 4.78 is 0. The van der Waals surface area contributed by atoms with Crippen molar-refractivity contribution in [3.05, 3.63) is 0 Å². The fraction of sp³-hybridized carbons (Fsp3) is 1.00. The largest absolute Gasteiger partial charge is 0.309 e. The van der Waals surface area contributed by atoms with Crippen molar-refractivity contribution in [3.8, 4) is 0 Å². The number of fused-ring (bicyclic) bond motifs is 1. The molecular formula is C18H33N. The zero-order valence-electron chi connectivity index (χ0n) is 13.3. The molecule has 110 valence electrons. The molecule has 3 rings (SSSR count). The van der Waals surface area contributed by atoms with Gasteiger partial charge >= 0.3 is 0 Å². The number of rotatable bonds is 1. The molecule has 1 heteroatoms. The van der Waals surface area contributed by atoms with Gasteiger partial charge in [-0.15, -0.1) is 0 Å². The maximum Gasteiger partial charge on any atom is 0.0130 e. The summed E-state index contributed by atoms with van der Waals surface area (Å²) in [5.74, 6) is 4.03. The van der Waals surface area contributed by atoms with Crippen LogP contribution >= 0.6 is 0 Å². The third-order valence-corrected chi connectivity index (χ3v) is 6.40. The lowest BCUT2D eigenvalue weighted by molar-refractivity contribution is 0.0396. The molecule has 3 aliphatic rings. The number of hydrogen-bond acceptors (Lipinski definition) is 1. The SMILES string of the molecule is CC1CC(C)(C)NC2CCC(C3CCCCC3)CC12. The van der Waals surface area contributed by atoms with Crippen LogP contribution in [0, 0.1) is 23.7 Å².